The molecule has 0 amide bonds. The average Bonchev–Trinajstić information content (AvgIpc) is 2.12. The van der Waals surface area contributed by atoms with E-state index < -0.39 is 10.0 Å². The molecule has 16 heavy (non-hydrogen) atoms. The van der Waals surface area contributed by atoms with E-state index in [1.165, 1.54) is 0 Å². The summed E-state index contributed by atoms with van der Waals surface area (Å²) < 4.78 is 26.8. The molecular weight excluding hydrogens is 290 g/mol. The summed E-state index contributed by atoms with van der Waals surface area (Å²) in [5, 5.41) is 0. The van der Waals surface area contributed by atoms with Crippen LogP contribution in [0.25, 0.3) is 0 Å². The fourth-order valence-corrected chi connectivity index (χ4v) is 3.17. The van der Waals surface area contributed by atoms with Crippen molar-refractivity contribution in [2.45, 2.75) is 27.2 Å². The van der Waals surface area contributed by atoms with E-state index in [1.54, 1.807) is 6.07 Å². The van der Waals surface area contributed by atoms with E-state index >= 15 is 0 Å². The number of benzene rings is 1. The topological polar surface area (TPSA) is 46.2 Å². The van der Waals surface area contributed by atoms with Crippen molar-refractivity contribution in [3.8, 4) is 0 Å². The molecule has 0 radical (unpaired) electrons. The fourth-order valence-electron chi connectivity index (χ4n) is 1.41. The fraction of sp³-hybridized carbons (Fsp3) is 0.455. The number of rotatable bonds is 4. The number of halogens is 1. The van der Waals surface area contributed by atoms with E-state index in [1.807, 2.05) is 26.8 Å². The first-order valence-electron chi connectivity index (χ1n) is 5.13. The highest BCUT2D eigenvalue weighted by molar-refractivity contribution is 9.10. The first kappa shape index (κ1) is 13.5. The second-order valence-electron chi connectivity index (χ2n) is 3.82. The maximum Gasteiger partial charge on any atom is 0.232 e. The molecule has 0 saturated heterocycles. The molecule has 0 aromatic heterocycles. The van der Waals surface area contributed by atoms with Crippen LogP contribution in [0.1, 0.15) is 24.5 Å². The largest absolute Gasteiger partial charge is 0.283 e. The summed E-state index contributed by atoms with van der Waals surface area (Å²) in [6.45, 7) is 5.71. The zero-order valence-electron chi connectivity index (χ0n) is 9.67. The van der Waals surface area contributed by atoms with Crippen molar-refractivity contribution >= 4 is 31.6 Å². The van der Waals surface area contributed by atoms with E-state index in [9.17, 15) is 8.42 Å². The van der Waals surface area contributed by atoms with Crippen molar-refractivity contribution in [2.75, 3.05) is 10.5 Å². The molecule has 0 atom stereocenters. The summed E-state index contributed by atoms with van der Waals surface area (Å²) in [4.78, 5) is 0. The summed E-state index contributed by atoms with van der Waals surface area (Å²) in [6.07, 6.45) is 0.612. The number of nitrogens with one attached hydrogen (secondary N) is 1. The van der Waals surface area contributed by atoms with Crippen LogP contribution < -0.4 is 4.72 Å². The molecule has 0 aliphatic carbocycles. The molecule has 0 unspecified atom stereocenters. The summed E-state index contributed by atoms with van der Waals surface area (Å²) in [5.41, 5.74) is 2.67. The number of hydrogen-bond donors (Lipinski definition) is 1. The van der Waals surface area contributed by atoms with Crippen molar-refractivity contribution in [1.29, 1.82) is 0 Å². The molecule has 1 N–H and O–H groups in total. The quantitative estimate of drug-likeness (QED) is 0.928. The van der Waals surface area contributed by atoms with Crippen LogP contribution in [0.3, 0.4) is 0 Å². The lowest BCUT2D eigenvalue weighted by Gasteiger charge is -2.12. The lowest BCUT2D eigenvalue weighted by atomic mass is 10.1. The summed E-state index contributed by atoms with van der Waals surface area (Å²) in [7, 11) is -3.21. The smallest absolute Gasteiger partial charge is 0.232 e. The molecule has 5 heteroatoms. The van der Waals surface area contributed by atoms with Gasteiger partial charge in [0.2, 0.25) is 10.0 Å². The Morgan fingerprint density at radius 3 is 2.50 bits per heavy atom. The number of sulfonamides is 1. The minimum Gasteiger partial charge on any atom is -0.283 e. The molecule has 0 aliphatic heterocycles. The van der Waals surface area contributed by atoms with Crippen LogP contribution in [-0.2, 0) is 10.0 Å². The minimum absolute atomic E-state index is 0.151. The lowest BCUT2D eigenvalue weighted by Crippen LogP contribution is -2.17. The van der Waals surface area contributed by atoms with Gasteiger partial charge in [-0.05, 0) is 43.5 Å². The molecule has 0 fully saturated rings. The molecule has 0 aliphatic rings. The van der Waals surface area contributed by atoms with Gasteiger partial charge in [0.15, 0.2) is 0 Å². The van der Waals surface area contributed by atoms with Gasteiger partial charge in [0, 0.05) is 4.47 Å². The molecule has 1 aromatic rings. The Balaban J connectivity index is 3.07. The van der Waals surface area contributed by atoms with Crippen molar-refractivity contribution in [3.63, 3.8) is 0 Å². The Morgan fingerprint density at radius 1 is 1.31 bits per heavy atom. The van der Waals surface area contributed by atoms with Crippen LogP contribution in [0.2, 0.25) is 0 Å². The van der Waals surface area contributed by atoms with Crippen molar-refractivity contribution in [2.24, 2.45) is 0 Å². The third kappa shape index (κ3) is 3.49. The van der Waals surface area contributed by atoms with E-state index in [2.05, 4.69) is 20.7 Å². The Bertz CT molecular complexity index is 483. The van der Waals surface area contributed by atoms with Crippen molar-refractivity contribution in [3.05, 3.63) is 27.7 Å². The maximum atomic E-state index is 11.6. The Kier molecular flexibility index (Phi) is 4.38. The predicted molar refractivity (Wildman–Crippen MR) is 71.3 cm³/mol. The first-order chi connectivity index (χ1) is 7.35. The van der Waals surface area contributed by atoms with E-state index in [4.69, 9.17) is 0 Å². The number of aryl methyl sites for hydroxylation is 1. The van der Waals surface area contributed by atoms with Gasteiger partial charge in [-0.25, -0.2) is 8.42 Å². The molecule has 1 rings (SSSR count). The highest BCUT2D eigenvalue weighted by atomic mass is 79.9. The normalized spacial score (nSPS) is 11.5. The molecule has 0 saturated carbocycles. The van der Waals surface area contributed by atoms with Crippen LogP contribution in [0, 0.1) is 13.8 Å². The highest BCUT2D eigenvalue weighted by Gasteiger charge is 2.11. The molecule has 90 valence electrons. The number of hydrogen-bond acceptors (Lipinski definition) is 2. The highest BCUT2D eigenvalue weighted by Crippen LogP contribution is 2.25. The van der Waals surface area contributed by atoms with Crippen molar-refractivity contribution in [1.82, 2.24) is 0 Å². The molecule has 0 spiro atoms. The summed E-state index contributed by atoms with van der Waals surface area (Å²) in [6, 6.07) is 3.75. The van der Waals surface area contributed by atoms with Gasteiger partial charge < -0.3 is 0 Å². The molecule has 0 bridgehead atoms. The van der Waals surface area contributed by atoms with Gasteiger partial charge in [-0.1, -0.05) is 22.9 Å². The van der Waals surface area contributed by atoms with E-state index in [-0.39, 0.29) is 5.75 Å². The molecule has 0 heterocycles. The van der Waals surface area contributed by atoms with Gasteiger partial charge in [0.1, 0.15) is 0 Å². The third-order valence-electron chi connectivity index (χ3n) is 2.37. The minimum atomic E-state index is -3.21. The van der Waals surface area contributed by atoms with Gasteiger partial charge in [0.05, 0.1) is 11.4 Å². The van der Waals surface area contributed by atoms with Crippen molar-refractivity contribution < 1.29 is 8.42 Å². The lowest BCUT2D eigenvalue weighted by molar-refractivity contribution is 0.600. The van der Waals surface area contributed by atoms with Crippen LogP contribution in [0.4, 0.5) is 5.69 Å². The zero-order chi connectivity index (χ0) is 12.3. The van der Waals surface area contributed by atoms with Gasteiger partial charge in [-0.3, -0.25) is 4.72 Å². The van der Waals surface area contributed by atoms with Gasteiger partial charge in [0.25, 0.3) is 0 Å². The molecule has 3 nitrogen and oxygen atoms in total. The van der Waals surface area contributed by atoms with Gasteiger partial charge in [-0.15, -0.1) is 0 Å². The standard InChI is InChI=1S/C11H16BrNO2S/c1-4-5-16(14,15)13-11-7-10(12)6-8(2)9(11)3/h6-7,13H,4-5H2,1-3H3. The Hall–Kier alpha value is -0.550. The zero-order valence-corrected chi connectivity index (χ0v) is 12.1. The second kappa shape index (κ2) is 5.19. The van der Waals surface area contributed by atoms with Gasteiger partial charge in [-0.2, -0.15) is 0 Å². The van der Waals surface area contributed by atoms with E-state index in [0.29, 0.717) is 12.1 Å². The monoisotopic (exact) mass is 305 g/mol. The molecule has 1 aromatic carbocycles. The average molecular weight is 306 g/mol. The van der Waals surface area contributed by atoms with E-state index in [0.717, 1.165) is 15.6 Å². The predicted octanol–water partition coefficient (Wildman–Crippen LogP) is 3.22. The number of anilines is 1. The van der Waals surface area contributed by atoms with Gasteiger partial charge >= 0.3 is 0 Å². The Labute approximate surface area is 105 Å². The third-order valence-corrected chi connectivity index (χ3v) is 4.30. The first-order valence-corrected chi connectivity index (χ1v) is 7.57. The summed E-state index contributed by atoms with van der Waals surface area (Å²) in [5.74, 6) is 0.151. The molecular formula is C11H16BrNO2S. The SMILES string of the molecule is CCCS(=O)(=O)Nc1cc(Br)cc(C)c1C. The summed E-state index contributed by atoms with van der Waals surface area (Å²) >= 11 is 3.36. The van der Waals surface area contributed by atoms with Crippen LogP contribution in [-0.4, -0.2) is 14.2 Å². The van der Waals surface area contributed by atoms with Crippen LogP contribution in [0.15, 0.2) is 16.6 Å². The maximum absolute atomic E-state index is 11.6. The second-order valence-corrected chi connectivity index (χ2v) is 6.57. The Morgan fingerprint density at radius 2 is 1.94 bits per heavy atom. The van der Waals surface area contributed by atoms with Crippen LogP contribution >= 0.6 is 15.9 Å². The van der Waals surface area contributed by atoms with Crippen LogP contribution in [0.5, 0.6) is 0 Å².